The van der Waals surface area contributed by atoms with Crippen molar-refractivity contribution in [3.05, 3.63) is 123 Å². The van der Waals surface area contributed by atoms with E-state index in [-0.39, 0.29) is 39.8 Å². The molecule has 0 spiro atoms. The van der Waals surface area contributed by atoms with Gasteiger partial charge in [0.05, 0.1) is 6.10 Å². The number of aromatic hydroxyl groups is 2. The molecule has 0 atom stereocenters. The van der Waals surface area contributed by atoms with Crippen molar-refractivity contribution >= 4 is 34.3 Å². The number of rotatable bonds is 7. The van der Waals surface area contributed by atoms with Gasteiger partial charge in [0.2, 0.25) is 0 Å². The Morgan fingerprint density at radius 3 is 2.02 bits per heavy atom. The van der Waals surface area contributed by atoms with Crippen LogP contribution in [0.2, 0.25) is 5.02 Å². The molecule has 8 nitrogen and oxygen atoms in total. The number of fused-ring (bicyclic) bond motifs is 1. The minimum atomic E-state index is -1.12. The first-order valence-corrected chi connectivity index (χ1v) is 14.1. The number of ketones is 1. The Hall–Kier alpha value is -5.08. The van der Waals surface area contributed by atoms with E-state index in [1.807, 2.05) is 30.3 Å². The predicted molar refractivity (Wildman–Crippen MR) is 169 cm³/mol. The standard InChI is InChI=1S/C20H21ClO4.C15H10O4/c1-13(2)24-19(23)20(3,4)25-17-11-7-15(8-12-17)18(22)14-5-9-16(21)10-6-14;16-10-6-11(17)15-12(18)8-13(19-14(15)7-10)9-4-2-1-3-5-9/h5-13H,1-4H3;1-8,16-17H. The fourth-order valence-electron chi connectivity index (χ4n) is 4.13. The molecular weight excluding hydrogens is 584 g/mol. The number of halogens is 1. The van der Waals surface area contributed by atoms with E-state index in [4.69, 9.17) is 25.5 Å². The van der Waals surface area contributed by atoms with E-state index in [9.17, 15) is 24.6 Å². The first kappa shape index (κ1) is 31.8. The topological polar surface area (TPSA) is 123 Å². The Bertz CT molecular complexity index is 1820. The third-order valence-corrected chi connectivity index (χ3v) is 6.54. The van der Waals surface area contributed by atoms with E-state index in [0.717, 1.165) is 11.6 Å². The molecule has 226 valence electrons. The van der Waals surface area contributed by atoms with Gasteiger partial charge in [-0.15, -0.1) is 0 Å². The highest BCUT2D eigenvalue weighted by molar-refractivity contribution is 6.30. The molecule has 5 aromatic rings. The van der Waals surface area contributed by atoms with Gasteiger partial charge in [-0.05, 0) is 76.2 Å². The van der Waals surface area contributed by atoms with Gasteiger partial charge in [0.1, 0.15) is 34.0 Å². The molecule has 0 unspecified atom stereocenters. The Balaban J connectivity index is 0.000000208. The van der Waals surface area contributed by atoms with Gasteiger partial charge < -0.3 is 24.1 Å². The average Bonchev–Trinajstić information content (AvgIpc) is 2.97. The second-order valence-corrected chi connectivity index (χ2v) is 11.0. The van der Waals surface area contributed by atoms with Crippen molar-refractivity contribution in [2.24, 2.45) is 0 Å². The summed E-state index contributed by atoms with van der Waals surface area (Å²) in [5.74, 6) is -0.117. The summed E-state index contributed by atoms with van der Waals surface area (Å²) >= 11 is 5.84. The predicted octanol–water partition coefficient (Wildman–Crippen LogP) is 7.55. The van der Waals surface area contributed by atoms with Gasteiger partial charge in [-0.2, -0.15) is 0 Å². The molecule has 44 heavy (non-hydrogen) atoms. The number of benzene rings is 4. The van der Waals surface area contributed by atoms with Crippen LogP contribution in [0.5, 0.6) is 17.2 Å². The fraction of sp³-hybridized carbons (Fsp3) is 0.171. The molecule has 0 aliphatic rings. The van der Waals surface area contributed by atoms with Gasteiger partial charge in [-0.1, -0.05) is 41.9 Å². The Morgan fingerprint density at radius 1 is 0.841 bits per heavy atom. The molecule has 0 bridgehead atoms. The van der Waals surface area contributed by atoms with Gasteiger partial charge in [-0.3, -0.25) is 9.59 Å². The molecule has 0 fully saturated rings. The van der Waals surface area contributed by atoms with Crippen LogP contribution in [0.4, 0.5) is 0 Å². The van der Waals surface area contributed by atoms with Gasteiger partial charge >= 0.3 is 5.97 Å². The third kappa shape index (κ3) is 7.85. The Kier molecular flexibility index (Phi) is 9.76. The van der Waals surface area contributed by atoms with E-state index < -0.39 is 11.6 Å². The van der Waals surface area contributed by atoms with E-state index in [1.165, 1.54) is 12.1 Å². The van der Waals surface area contributed by atoms with Crippen LogP contribution in [0.15, 0.2) is 106 Å². The van der Waals surface area contributed by atoms with Crippen LogP contribution < -0.4 is 10.2 Å². The van der Waals surface area contributed by atoms with Crippen LogP contribution >= 0.6 is 11.6 Å². The lowest BCUT2D eigenvalue weighted by Crippen LogP contribution is -2.40. The van der Waals surface area contributed by atoms with Crippen molar-refractivity contribution in [2.75, 3.05) is 0 Å². The SMILES string of the molecule is CC(C)OC(=O)C(C)(C)Oc1ccc(C(=O)c2ccc(Cl)cc2)cc1.O=c1cc(-c2ccccc2)oc2cc(O)cc(O)c12. The summed E-state index contributed by atoms with van der Waals surface area (Å²) in [6.07, 6.45) is -0.213. The monoisotopic (exact) mass is 614 g/mol. The third-order valence-electron chi connectivity index (χ3n) is 6.28. The first-order chi connectivity index (χ1) is 20.8. The molecule has 0 aliphatic heterocycles. The average molecular weight is 615 g/mol. The molecule has 2 N–H and O–H groups in total. The summed E-state index contributed by atoms with van der Waals surface area (Å²) < 4.78 is 16.5. The van der Waals surface area contributed by atoms with Crippen LogP contribution in [0.1, 0.15) is 43.6 Å². The van der Waals surface area contributed by atoms with Crippen LogP contribution in [0.3, 0.4) is 0 Å². The number of phenolic OH excluding ortho intramolecular Hbond substituents is 2. The molecular formula is C35H31ClO8. The number of hydrogen-bond donors (Lipinski definition) is 2. The van der Waals surface area contributed by atoms with E-state index >= 15 is 0 Å². The highest BCUT2D eigenvalue weighted by Gasteiger charge is 2.32. The minimum absolute atomic E-state index is 0.0671. The number of phenols is 2. The maximum Gasteiger partial charge on any atom is 0.350 e. The maximum absolute atomic E-state index is 12.4. The second kappa shape index (κ2) is 13.5. The van der Waals surface area contributed by atoms with Crippen LogP contribution in [-0.4, -0.2) is 33.7 Å². The van der Waals surface area contributed by atoms with Gasteiger partial charge in [0.15, 0.2) is 16.8 Å². The Labute approximate surface area is 259 Å². The molecule has 0 radical (unpaired) electrons. The summed E-state index contributed by atoms with van der Waals surface area (Å²) in [7, 11) is 0. The maximum atomic E-state index is 12.4. The van der Waals surface area contributed by atoms with Gasteiger partial charge in [-0.25, -0.2) is 4.79 Å². The summed E-state index contributed by atoms with van der Waals surface area (Å²) in [5.41, 5.74) is 0.522. The molecule has 1 aromatic heterocycles. The van der Waals surface area contributed by atoms with Crippen molar-refractivity contribution in [1.82, 2.24) is 0 Å². The molecule has 0 saturated carbocycles. The van der Waals surface area contributed by atoms with Crippen LogP contribution in [-0.2, 0) is 9.53 Å². The summed E-state index contributed by atoms with van der Waals surface area (Å²) in [5, 5.41) is 19.8. The molecule has 0 saturated heterocycles. The van der Waals surface area contributed by atoms with Crippen molar-refractivity contribution in [2.45, 2.75) is 39.4 Å². The number of esters is 1. The highest BCUT2D eigenvalue weighted by atomic mass is 35.5. The van der Waals surface area contributed by atoms with E-state index in [0.29, 0.717) is 27.7 Å². The zero-order valence-electron chi connectivity index (χ0n) is 24.5. The number of ether oxygens (including phenoxy) is 2. The van der Waals surface area contributed by atoms with Crippen molar-refractivity contribution < 1.29 is 33.7 Å². The highest BCUT2D eigenvalue weighted by Crippen LogP contribution is 2.30. The first-order valence-electron chi connectivity index (χ1n) is 13.7. The van der Waals surface area contributed by atoms with E-state index in [1.54, 1.807) is 76.2 Å². The van der Waals surface area contributed by atoms with Crippen molar-refractivity contribution in [1.29, 1.82) is 0 Å². The molecule has 9 heteroatoms. The molecule has 0 aliphatic carbocycles. The zero-order chi connectivity index (χ0) is 32.0. The number of carbonyl (C=O) groups excluding carboxylic acids is 2. The summed E-state index contributed by atoms with van der Waals surface area (Å²) in [4.78, 5) is 36.5. The second-order valence-electron chi connectivity index (χ2n) is 10.6. The van der Waals surface area contributed by atoms with Gasteiger partial charge in [0.25, 0.3) is 0 Å². The lowest BCUT2D eigenvalue weighted by Gasteiger charge is -2.25. The molecule has 5 rings (SSSR count). The summed E-state index contributed by atoms with van der Waals surface area (Å²) in [6, 6.07) is 26.3. The van der Waals surface area contributed by atoms with E-state index in [2.05, 4.69) is 0 Å². The van der Waals surface area contributed by atoms with Crippen LogP contribution in [0, 0.1) is 0 Å². The quantitative estimate of drug-likeness (QED) is 0.142. The summed E-state index contributed by atoms with van der Waals surface area (Å²) in [6.45, 7) is 6.85. The molecule has 4 aromatic carbocycles. The lowest BCUT2D eigenvalue weighted by molar-refractivity contribution is -0.163. The van der Waals surface area contributed by atoms with Gasteiger partial charge in [0, 0.05) is 39.9 Å². The fourth-order valence-corrected chi connectivity index (χ4v) is 4.26. The zero-order valence-corrected chi connectivity index (χ0v) is 25.3. The number of carbonyl (C=O) groups is 2. The Morgan fingerprint density at radius 2 is 1.43 bits per heavy atom. The normalized spacial score (nSPS) is 11.0. The largest absolute Gasteiger partial charge is 0.508 e. The van der Waals surface area contributed by atoms with Crippen LogP contribution in [0.25, 0.3) is 22.3 Å². The number of hydrogen-bond acceptors (Lipinski definition) is 8. The van der Waals surface area contributed by atoms with Crippen molar-refractivity contribution in [3.63, 3.8) is 0 Å². The van der Waals surface area contributed by atoms with Crippen molar-refractivity contribution in [3.8, 4) is 28.6 Å². The lowest BCUT2D eigenvalue weighted by atomic mass is 10.0. The minimum Gasteiger partial charge on any atom is -0.508 e. The smallest absolute Gasteiger partial charge is 0.350 e. The molecule has 1 heterocycles. The molecule has 0 amide bonds.